The molecule has 3 heterocycles. The van der Waals surface area contributed by atoms with Gasteiger partial charge in [0, 0.05) is 45.0 Å². The minimum atomic E-state index is -0.239. The number of methoxy groups -OCH3 is 1. The number of rotatable bonds is 16. The first-order chi connectivity index (χ1) is 22.5. The Morgan fingerprint density at radius 3 is 2.61 bits per heavy atom. The molecule has 1 aliphatic carbocycles. The van der Waals surface area contributed by atoms with Gasteiger partial charge in [-0.3, -0.25) is 9.59 Å². The molecule has 2 aliphatic heterocycles. The van der Waals surface area contributed by atoms with Gasteiger partial charge in [0.25, 0.3) is 5.91 Å². The van der Waals surface area contributed by atoms with Crippen molar-refractivity contribution in [1.29, 1.82) is 0 Å². The van der Waals surface area contributed by atoms with Crippen molar-refractivity contribution in [2.45, 2.75) is 89.3 Å². The fourth-order valence-corrected chi connectivity index (χ4v) is 6.61. The number of piperidine rings is 1. The van der Waals surface area contributed by atoms with Crippen LogP contribution in [0.3, 0.4) is 0 Å². The summed E-state index contributed by atoms with van der Waals surface area (Å²) in [6, 6.07) is 5.33. The summed E-state index contributed by atoms with van der Waals surface area (Å²) >= 11 is 0. The number of fused-ring (bicyclic) bond motifs is 1. The summed E-state index contributed by atoms with van der Waals surface area (Å²) in [5, 5.41) is 9.62. The number of nitrogens with one attached hydrogen (secondary N) is 3. The average molecular weight is 638 g/mol. The van der Waals surface area contributed by atoms with Crippen LogP contribution in [0.1, 0.15) is 81.5 Å². The quantitative estimate of drug-likeness (QED) is 0.228. The van der Waals surface area contributed by atoms with Crippen molar-refractivity contribution in [2.75, 3.05) is 68.7 Å². The zero-order chi connectivity index (χ0) is 32.3. The molecule has 2 aromatic rings. The molecule has 1 aromatic heterocycles. The van der Waals surface area contributed by atoms with Crippen LogP contribution in [0.2, 0.25) is 0 Å². The summed E-state index contributed by atoms with van der Waals surface area (Å²) in [4.78, 5) is 39.4. The van der Waals surface area contributed by atoms with Gasteiger partial charge in [-0.15, -0.1) is 0 Å². The van der Waals surface area contributed by atoms with Crippen molar-refractivity contribution in [3.05, 3.63) is 30.0 Å². The second-order valence-electron chi connectivity index (χ2n) is 12.4. The van der Waals surface area contributed by atoms with Crippen LogP contribution in [-0.2, 0) is 14.3 Å². The third kappa shape index (κ3) is 8.45. The summed E-state index contributed by atoms with van der Waals surface area (Å²) < 4.78 is 17.3. The van der Waals surface area contributed by atoms with Crippen molar-refractivity contribution in [2.24, 2.45) is 0 Å². The van der Waals surface area contributed by atoms with E-state index in [-0.39, 0.29) is 23.9 Å². The zero-order valence-corrected chi connectivity index (χ0v) is 27.7. The molecule has 3 aliphatic rings. The number of carbonyl (C=O) groups is 2. The molecule has 5 rings (SSSR count). The van der Waals surface area contributed by atoms with Crippen LogP contribution in [-0.4, -0.2) is 93.6 Å². The van der Waals surface area contributed by atoms with E-state index in [4.69, 9.17) is 19.2 Å². The first-order valence-corrected chi connectivity index (χ1v) is 17.1. The maximum absolute atomic E-state index is 13.2. The van der Waals surface area contributed by atoms with Crippen LogP contribution in [0.4, 0.5) is 23.1 Å². The molecule has 0 unspecified atom stereocenters. The van der Waals surface area contributed by atoms with Gasteiger partial charge in [-0.05, 0) is 82.7 Å². The van der Waals surface area contributed by atoms with E-state index in [9.17, 15) is 9.59 Å². The summed E-state index contributed by atoms with van der Waals surface area (Å²) in [7, 11) is 3.37. The van der Waals surface area contributed by atoms with Crippen LogP contribution < -0.4 is 30.5 Å². The van der Waals surface area contributed by atoms with Crippen molar-refractivity contribution < 1.29 is 23.8 Å². The molecule has 1 atom stereocenters. The van der Waals surface area contributed by atoms with Crippen molar-refractivity contribution >= 4 is 35.0 Å². The number of likely N-dealkylation sites (N-methyl/N-ethyl adjacent to an activating group) is 1. The van der Waals surface area contributed by atoms with Gasteiger partial charge in [-0.25, -0.2) is 4.98 Å². The molecule has 12 heteroatoms. The molecule has 46 heavy (non-hydrogen) atoms. The molecule has 0 bridgehead atoms. The maximum Gasteiger partial charge on any atom is 0.251 e. The SMILES string of the molecule is CC[C@@H]1C(=O)N(C)c2cnc(Nc3ccc(C(=O)NCCCCOCCCOC4CCNCC4)cc3OC)nc2N1C1CCCC1. The Bertz CT molecular complexity index is 1300. The van der Waals surface area contributed by atoms with Gasteiger partial charge in [0.15, 0.2) is 5.82 Å². The number of hydrogen-bond donors (Lipinski definition) is 3. The van der Waals surface area contributed by atoms with E-state index in [1.807, 2.05) is 0 Å². The molecule has 1 saturated heterocycles. The number of ether oxygens (including phenoxy) is 3. The molecule has 12 nitrogen and oxygen atoms in total. The van der Waals surface area contributed by atoms with Crippen LogP contribution >= 0.6 is 0 Å². The van der Waals surface area contributed by atoms with Crippen LogP contribution in [0, 0.1) is 0 Å². The summed E-state index contributed by atoms with van der Waals surface area (Å²) in [6.07, 6.45) is 12.0. The molecule has 2 fully saturated rings. The average Bonchev–Trinajstić information content (AvgIpc) is 3.62. The van der Waals surface area contributed by atoms with Gasteiger partial charge in [0.05, 0.1) is 25.1 Å². The number of benzene rings is 1. The minimum Gasteiger partial charge on any atom is -0.495 e. The Morgan fingerprint density at radius 2 is 1.85 bits per heavy atom. The van der Waals surface area contributed by atoms with E-state index in [1.165, 1.54) is 0 Å². The smallest absolute Gasteiger partial charge is 0.251 e. The lowest BCUT2D eigenvalue weighted by Crippen LogP contribution is -2.55. The number of unbranched alkanes of at least 4 members (excludes halogenated alkanes) is 1. The highest BCUT2D eigenvalue weighted by molar-refractivity contribution is 6.04. The van der Waals surface area contributed by atoms with Crippen molar-refractivity contribution in [3.63, 3.8) is 0 Å². The van der Waals surface area contributed by atoms with E-state index < -0.39 is 0 Å². The first-order valence-electron chi connectivity index (χ1n) is 17.1. The Morgan fingerprint density at radius 1 is 1.07 bits per heavy atom. The molecule has 3 N–H and O–H groups in total. The fourth-order valence-electron chi connectivity index (χ4n) is 6.61. The number of aromatic nitrogens is 2. The highest BCUT2D eigenvalue weighted by Crippen LogP contribution is 2.40. The normalized spacial score (nSPS) is 18.9. The Balaban J connectivity index is 1.10. The predicted octanol–water partition coefficient (Wildman–Crippen LogP) is 4.42. The highest BCUT2D eigenvalue weighted by atomic mass is 16.5. The van der Waals surface area contributed by atoms with Crippen LogP contribution in [0.25, 0.3) is 0 Å². The largest absolute Gasteiger partial charge is 0.495 e. The second kappa shape index (κ2) is 16.9. The zero-order valence-electron chi connectivity index (χ0n) is 27.7. The Kier molecular flexibility index (Phi) is 12.4. The third-order valence-corrected chi connectivity index (χ3v) is 9.20. The van der Waals surface area contributed by atoms with Gasteiger partial charge < -0.3 is 40.0 Å². The van der Waals surface area contributed by atoms with E-state index in [2.05, 4.69) is 32.8 Å². The topological polar surface area (TPSA) is 130 Å². The Hall–Kier alpha value is -3.48. The molecule has 0 radical (unpaired) electrons. The van der Waals surface area contributed by atoms with E-state index in [0.29, 0.717) is 55.2 Å². The number of hydrogen-bond acceptors (Lipinski definition) is 10. The first kappa shape index (κ1) is 33.9. The second-order valence-corrected chi connectivity index (χ2v) is 12.4. The fraction of sp³-hybridized carbons (Fsp3) is 0.647. The molecule has 1 saturated carbocycles. The minimum absolute atomic E-state index is 0.0826. The van der Waals surface area contributed by atoms with Crippen LogP contribution in [0.15, 0.2) is 24.4 Å². The molecule has 1 aromatic carbocycles. The summed E-state index contributed by atoms with van der Waals surface area (Å²) in [5.41, 5.74) is 1.88. The molecule has 2 amide bonds. The highest BCUT2D eigenvalue weighted by Gasteiger charge is 2.41. The van der Waals surface area contributed by atoms with E-state index in [0.717, 1.165) is 89.0 Å². The van der Waals surface area contributed by atoms with E-state index in [1.54, 1.807) is 43.5 Å². The monoisotopic (exact) mass is 637 g/mol. The summed E-state index contributed by atoms with van der Waals surface area (Å²) in [5.74, 6) is 1.63. The van der Waals surface area contributed by atoms with E-state index >= 15 is 0 Å². The lowest BCUT2D eigenvalue weighted by Gasteiger charge is -2.43. The van der Waals surface area contributed by atoms with Crippen molar-refractivity contribution in [1.82, 2.24) is 20.6 Å². The number of amides is 2. The molecule has 0 spiro atoms. The number of nitrogens with zero attached hydrogens (tertiary/aromatic N) is 4. The maximum atomic E-state index is 13.2. The molecular formula is C34H51N7O5. The predicted molar refractivity (Wildman–Crippen MR) is 179 cm³/mol. The summed E-state index contributed by atoms with van der Waals surface area (Å²) in [6.45, 7) is 6.82. The van der Waals surface area contributed by atoms with Gasteiger partial charge in [0.1, 0.15) is 17.5 Å². The number of anilines is 4. The van der Waals surface area contributed by atoms with Crippen molar-refractivity contribution in [3.8, 4) is 5.75 Å². The third-order valence-electron chi connectivity index (χ3n) is 9.20. The van der Waals surface area contributed by atoms with Gasteiger partial charge in [-0.2, -0.15) is 4.98 Å². The Labute approximate surface area is 273 Å². The molecule has 252 valence electrons. The number of carbonyl (C=O) groups excluding carboxylic acids is 2. The van der Waals surface area contributed by atoms with Gasteiger partial charge in [0.2, 0.25) is 11.9 Å². The van der Waals surface area contributed by atoms with Crippen LogP contribution in [0.5, 0.6) is 5.75 Å². The molecular weight excluding hydrogens is 586 g/mol. The van der Waals surface area contributed by atoms with Gasteiger partial charge in [-0.1, -0.05) is 19.8 Å². The standard InChI is InChI=1S/C34H51N7O5/c1-4-28-33(43)40(2)29-23-37-34(39-31(29)41(28)25-10-5-6-11-25)38-27-13-12-24(22-30(27)44-3)32(42)36-16-7-8-19-45-20-9-21-46-26-14-17-35-18-15-26/h12-13,22-23,25-26,28,35H,4-11,14-21H2,1-3H3,(H,36,42)(H,37,38,39)/t28-/m1/s1. The van der Waals surface area contributed by atoms with Gasteiger partial charge >= 0.3 is 0 Å². The lowest BCUT2D eigenvalue weighted by atomic mass is 10.0. The lowest BCUT2D eigenvalue weighted by molar-refractivity contribution is -0.120.